The second-order valence-electron chi connectivity index (χ2n) is 5.68. The zero-order chi connectivity index (χ0) is 14.4. The standard InChI is InChI=1S/C14H25N3O3/c18-12-10-15-7-5-11(12)16-13(19)6-9-17-8-3-1-2-4-14(17)20/h11-12,15,18H,1-10H2,(H,16,19)/t11-,12-/m1/s1. The van der Waals surface area contributed by atoms with Crippen molar-refractivity contribution in [2.75, 3.05) is 26.2 Å². The largest absolute Gasteiger partial charge is 0.390 e. The SMILES string of the molecule is O=C(CCN1CCCCCC1=O)N[C@@H]1CCNC[C@H]1O. The molecule has 2 heterocycles. The van der Waals surface area contributed by atoms with Crippen LogP contribution in [0.1, 0.15) is 38.5 Å². The fourth-order valence-corrected chi connectivity index (χ4v) is 2.80. The van der Waals surface area contributed by atoms with Crippen LogP contribution < -0.4 is 10.6 Å². The first-order chi connectivity index (χ1) is 9.66. The topological polar surface area (TPSA) is 81.7 Å². The third-order valence-electron chi connectivity index (χ3n) is 4.08. The Labute approximate surface area is 119 Å². The van der Waals surface area contributed by atoms with Crippen molar-refractivity contribution in [3.05, 3.63) is 0 Å². The van der Waals surface area contributed by atoms with E-state index in [4.69, 9.17) is 0 Å². The quantitative estimate of drug-likeness (QED) is 0.657. The summed E-state index contributed by atoms with van der Waals surface area (Å²) in [6.07, 6.45) is 4.23. The summed E-state index contributed by atoms with van der Waals surface area (Å²) in [5.41, 5.74) is 0. The summed E-state index contributed by atoms with van der Waals surface area (Å²) in [6.45, 7) is 2.59. The van der Waals surface area contributed by atoms with E-state index in [0.717, 1.165) is 38.8 Å². The molecule has 6 heteroatoms. The van der Waals surface area contributed by atoms with Gasteiger partial charge in [0.05, 0.1) is 12.1 Å². The lowest BCUT2D eigenvalue weighted by Crippen LogP contribution is -2.53. The molecule has 0 aliphatic carbocycles. The molecule has 0 bridgehead atoms. The molecular weight excluding hydrogens is 258 g/mol. The fourth-order valence-electron chi connectivity index (χ4n) is 2.80. The van der Waals surface area contributed by atoms with Crippen LogP contribution in [0, 0.1) is 0 Å². The summed E-state index contributed by atoms with van der Waals surface area (Å²) in [5.74, 6) is 0.0881. The molecule has 0 saturated carbocycles. The number of amides is 2. The van der Waals surface area contributed by atoms with Gasteiger partial charge in [-0.2, -0.15) is 0 Å². The van der Waals surface area contributed by atoms with Crippen LogP contribution in [0.2, 0.25) is 0 Å². The highest BCUT2D eigenvalue weighted by molar-refractivity contribution is 5.79. The second kappa shape index (κ2) is 7.59. The average molecular weight is 283 g/mol. The van der Waals surface area contributed by atoms with Gasteiger partial charge in [0.15, 0.2) is 0 Å². The van der Waals surface area contributed by atoms with E-state index in [1.54, 1.807) is 4.90 Å². The molecule has 2 atom stereocenters. The fraction of sp³-hybridized carbons (Fsp3) is 0.857. The van der Waals surface area contributed by atoms with E-state index in [-0.39, 0.29) is 17.9 Å². The maximum Gasteiger partial charge on any atom is 0.222 e. The molecule has 3 N–H and O–H groups in total. The zero-order valence-electron chi connectivity index (χ0n) is 11.9. The summed E-state index contributed by atoms with van der Waals surface area (Å²) in [5, 5.41) is 15.7. The highest BCUT2D eigenvalue weighted by Crippen LogP contribution is 2.11. The summed E-state index contributed by atoms with van der Waals surface area (Å²) in [6, 6.07) is -0.163. The summed E-state index contributed by atoms with van der Waals surface area (Å²) in [7, 11) is 0. The van der Waals surface area contributed by atoms with Gasteiger partial charge in [0, 0.05) is 32.5 Å². The lowest BCUT2D eigenvalue weighted by Gasteiger charge is -2.29. The van der Waals surface area contributed by atoms with E-state index < -0.39 is 6.10 Å². The van der Waals surface area contributed by atoms with Gasteiger partial charge >= 0.3 is 0 Å². The van der Waals surface area contributed by atoms with Gasteiger partial charge in [-0.3, -0.25) is 9.59 Å². The van der Waals surface area contributed by atoms with Crippen LogP contribution in [0.25, 0.3) is 0 Å². The van der Waals surface area contributed by atoms with Crippen LogP contribution in [0.15, 0.2) is 0 Å². The molecule has 0 aromatic rings. The van der Waals surface area contributed by atoms with Gasteiger partial charge in [-0.1, -0.05) is 6.42 Å². The number of nitrogens with zero attached hydrogens (tertiary/aromatic N) is 1. The van der Waals surface area contributed by atoms with E-state index >= 15 is 0 Å². The first-order valence-corrected chi connectivity index (χ1v) is 7.63. The second-order valence-corrected chi connectivity index (χ2v) is 5.68. The van der Waals surface area contributed by atoms with Crippen LogP contribution in [-0.4, -0.2) is 60.1 Å². The third kappa shape index (κ3) is 4.45. The van der Waals surface area contributed by atoms with Gasteiger partial charge in [-0.25, -0.2) is 0 Å². The minimum Gasteiger partial charge on any atom is -0.390 e. The number of carbonyl (C=O) groups excluding carboxylic acids is 2. The highest BCUT2D eigenvalue weighted by Gasteiger charge is 2.24. The van der Waals surface area contributed by atoms with Gasteiger partial charge < -0.3 is 20.6 Å². The zero-order valence-corrected chi connectivity index (χ0v) is 11.9. The molecule has 0 aromatic heterocycles. The maximum absolute atomic E-state index is 11.9. The Bertz CT molecular complexity index is 349. The Morgan fingerprint density at radius 1 is 1.40 bits per heavy atom. The van der Waals surface area contributed by atoms with Crippen molar-refractivity contribution in [3.8, 4) is 0 Å². The van der Waals surface area contributed by atoms with Gasteiger partial charge in [-0.05, 0) is 25.8 Å². The molecule has 2 rings (SSSR count). The Hall–Kier alpha value is -1.14. The number of β-amino-alcohol motifs (C(OH)–C–C–N with tert-alkyl or cyclic N) is 1. The first-order valence-electron chi connectivity index (χ1n) is 7.63. The van der Waals surface area contributed by atoms with Crippen molar-refractivity contribution in [2.24, 2.45) is 0 Å². The van der Waals surface area contributed by atoms with Gasteiger partial charge in [0.1, 0.15) is 0 Å². The highest BCUT2D eigenvalue weighted by atomic mass is 16.3. The molecular formula is C14H25N3O3. The molecule has 2 saturated heterocycles. The van der Waals surface area contributed by atoms with Gasteiger partial charge in [0.2, 0.25) is 11.8 Å². The maximum atomic E-state index is 11.9. The van der Waals surface area contributed by atoms with Crippen LogP contribution in [0.5, 0.6) is 0 Å². The molecule has 0 unspecified atom stereocenters. The van der Waals surface area contributed by atoms with Gasteiger partial charge in [0.25, 0.3) is 0 Å². The van der Waals surface area contributed by atoms with Crippen molar-refractivity contribution in [2.45, 2.75) is 50.7 Å². The number of hydrogen-bond acceptors (Lipinski definition) is 4. The molecule has 2 fully saturated rings. The Kier molecular flexibility index (Phi) is 5.79. The average Bonchev–Trinajstić information content (AvgIpc) is 2.64. The predicted molar refractivity (Wildman–Crippen MR) is 75.1 cm³/mol. The lowest BCUT2D eigenvalue weighted by atomic mass is 10.0. The summed E-state index contributed by atoms with van der Waals surface area (Å²) >= 11 is 0. The number of likely N-dealkylation sites (tertiary alicyclic amines) is 1. The molecule has 20 heavy (non-hydrogen) atoms. The number of rotatable bonds is 4. The van der Waals surface area contributed by atoms with Crippen molar-refractivity contribution < 1.29 is 14.7 Å². The van der Waals surface area contributed by atoms with E-state index in [0.29, 0.717) is 25.9 Å². The molecule has 0 spiro atoms. The van der Waals surface area contributed by atoms with Crippen LogP contribution in [0.4, 0.5) is 0 Å². The molecule has 114 valence electrons. The van der Waals surface area contributed by atoms with Gasteiger partial charge in [-0.15, -0.1) is 0 Å². The van der Waals surface area contributed by atoms with E-state index in [1.807, 2.05) is 0 Å². The molecule has 0 radical (unpaired) electrons. The number of nitrogens with one attached hydrogen (secondary N) is 2. The van der Waals surface area contributed by atoms with Crippen molar-refractivity contribution in [1.29, 1.82) is 0 Å². The van der Waals surface area contributed by atoms with Crippen molar-refractivity contribution >= 4 is 11.8 Å². The van der Waals surface area contributed by atoms with E-state index in [2.05, 4.69) is 10.6 Å². The Morgan fingerprint density at radius 2 is 2.25 bits per heavy atom. The lowest BCUT2D eigenvalue weighted by molar-refractivity contribution is -0.131. The Balaban J connectivity index is 1.72. The van der Waals surface area contributed by atoms with Crippen molar-refractivity contribution in [1.82, 2.24) is 15.5 Å². The van der Waals surface area contributed by atoms with Crippen LogP contribution >= 0.6 is 0 Å². The number of piperidine rings is 1. The van der Waals surface area contributed by atoms with Crippen molar-refractivity contribution in [3.63, 3.8) is 0 Å². The third-order valence-corrected chi connectivity index (χ3v) is 4.08. The monoisotopic (exact) mass is 283 g/mol. The summed E-state index contributed by atoms with van der Waals surface area (Å²) in [4.78, 5) is 25.5. The predicted octanol–water partition coefficient (Wildman–Crippen LogP) is -0.382. The smallest absolute Gasteiger partial charge is 0.222 e. The van der Waals surface area contributed by atoms with E-state index in [1.165, 1.54) is 0 Å². The Morgan fingerprint density at radius 3 is 3.05 bits per heavy atom. The molecule has 2 aliphatic heterocycles. The first kappa shape index (κ1) is 15.3. The molecule has 2 amide bonds. The molecule has 0 aromatic carbocycles. The van der Waals surface area contributed by atoms with Crippen LogP contribution in [0.3, 0.4) is 0 Å². The normalized spacial score (nSPS) is 28.1. The van der Waals surface area contributed by atoms with Crippen LogP contribution in [-0.2, 0) is 9.59 Å². The van der Waals surface area contributed by atoms with E-state index in [9.17, 15) is 14.7 Å². The number of aliphatic hydroxyl groups is 1. The summed E-state index contributed by atoms with van der Waals surface area (Å²) < 4.78 is 0. The number of hydrogen-bond donors (Lipinski definition) is 3. The molecule has 6 nitrogen and oxygen atoms in total. The minimum absolute atomic E-state index is 0.0759. The minimum atomic E-state index is -0.521. The molecule has 2 aliphatic rings. The number of carbonyl (C=O) groups is 2. The number of aliphatic hydroxyl groups excluding tert-OH is 1.